The molecule has 6 nitrogen and oxygen atoms in total. The van der Waals surface area contributed by atoms with Crippen molar-refractivity contribution in [3.05, 3.63) is 41.8 Å². The highest BCUT2D eigenvalue weighted by Crippen LogP contribution is 2.25. The zero-order chi connectivity index (χ0) is 17.3. The molecule has 0 N–H and O–H groups in total. The first kappa shape index (κ1) is 16.2. The maximum absolute atomic E-state index is 12.7. The molecule has 1 saturated heterocycles. The second-order valence-electron chi connectivity index (χ2n) is 6.27. The number of likely N-dealkylation sites (tertiary alicyclic amines) is 1. The molecule has 0 radical (unpaired) electrons. The average Bonchev–Trinajstić information content (AvgIpc) is 3.21. The van der Waals surface area contributed by atoms with Crippen LogP contribution in [0.1, 0.15) is 22.7 Å². The van der Waals surface area contributed by atoms with Gasteiger partial charge in [0.15, 0.2) is 0 Å². The SMILES string of the molecule is Cc1nc(-c2ccccc2)oc1C(=O)N1CC[C@@H](C(=O)N(C)C)C1. The Morgan fingerprint density at radius 2 is 1.96 bits per heavy atom. The number of benzene rings is 1. The number of aryl methyl sites for hydroxylation is 1. The first-order valence-electron chi connectivity index (χ1n) is 8.00. The minimum absolute atomic E-state index is 0.0598. The molecule has 0 unspecified atom stereocenters. The quantitative estimate of drug-likeness (QED) is 0.867. The molecule has 2 heterocycles. The van der Waals surface area contributed by atoms with Crippen LogP contribution in [0.3, 0.4) is 0 Å². The standard InChI is InChI=1S/C18H21N3O3/c1-12-15(24-16(19-12)13-7-5-4-6-8-13)18(23)21-10-9-14(11-21)17(22)20(2)3/h4-8,14H,9-11H2,1-3H3/t14-/m1/s1. The largest absolute Gasteiger partial charge is 0.431 e. The summed E-state index contributed by atoms with van der Waals surface area (Å²) < 4.78 is 5.72. The van der Waals surface area contributed by atoms with Crippen molar-refractivity contribution in [1.82, 2.24) is 14.8 Å². The Hall–Kier alpha value is -2.63. The molecule has 0 saturated carbocycles. The third-order valence-electron chi connectivity index (χ3n) is 4.28. The van der Waals surface area contributed by atoms with Gasteiger partial charge in [-0.1, -0.05) is 18.2 Å². The lowest BCUT2D eigenvalue weighted by atomic mass is 10.1. The molecule has 1 aliphatic heterocycles. The van der Waals surface area contributed by atoms with Crippen molar-refractivity contribution < 1.29 is 14.0 Å². The summed E-state index contributed by atoms with van der Waals surface area (Å²) in [5.74, 6) is 0.421. The van der Waals surface area contributed by atoms with E-state index in [2.05, 4.69) is 4.98 Å². The molecule has 0 aliphatic carbocycles. The van der Waals surface area contributed by atoms with Gasteiger partial charge in [-0.05, 0) is 25.5 Å². The molecule has 1 aromatic carbocycles. The summed E-state index contributed by atoms with van der Waals surface area (Å²) in [6.45, 7) is 2.75. The summed E-state index contributed by atoms with van der Waals surface area (Å²) in [6.07, 6.45) is 0.682. The summed E-state index contributed by atoms with van der Waals surface area (Å²) in [4.78, 5) is 32.4. The Labute approximate surface area is 141 Å². The number of nitrogens with zero attached hydrogens (tertiary/aromatic N) is 3. The van der Waals surface area contributed by atoms with E-state index >= 15 is 0 Å². The number of hydrogen-bond acceptors (Lipinski definition) is 4. The molecule has 1 aromatic heterocycles. The van der Waals surface area contributed by atoms with Crippen LogP contribution in [0.25, 0.3) is 11.5 Å². The normalized spacial score (nSPS) is 17.1. The number of carbonyl (C=O) groups excluding carboxylic acids is 2. The van der Waals surface area contributed by atoms with Gasteiger partial charge >= 0.3 is 0 Å². The van der Waals surface area contributed by atoms with E-state index in [9.17, 15) is 9.59 Å². The van der Waals surface area contributed by atoms with Gasteiger partial charge in [0, 0.05) is 32.7 Å². The fraction of sp³-hybridized carbons (Fsp3) is 0.389. The van der Waals surface area contributed by atoms with Crippen LogP contribution in [0.15, 0.2) is 34.7 Å². The van der Waals surface area contributed by atoms with Gasteiger partial charge < -0.3 is 14.2 Å². The highest BCUT2D eigenvalue weighted by atomic mass is 16.4. The first-order valence-corrected chi connectivity index (χ1v) is 8.00. The Morgan fingerprint density at radius 1 is 1.25 bits per heavy atom. The third kappa shape index (κ3) is 3.04. The fourth-order valence-corrected chi connectivity index (χ4v) is 2.95. The van der Waals surface area contributed by atoms with Crippen molar-refractivity contribution in [1.29, 1.82) is 0 Å². The maximum Gasteiger partial charge on any atom is 0.291 e. The van der Waals surface area contributed by atoms with Crippen LogP contribution in [0, 0.1) is 12.8 Å². The van der Waals surface area contributed by atoms with E-state index in [4.69, 9.17) is 4.42 Å². The molecule has 3 rings (SSSR count). The Kier molecular flexibility index (Phi) is 4.38. The van der Waals surface area contributed by atoms with Crippen molar-refractivity contribution in [3.63, 3.8) is 0 Å². The van der Waals surface area contributed by atoms with Crippen molar-refractivity contribution in [3.8, 4) is 11.5 Å². The summed E-state index contributed by atoms with van der Waals surface area (Å²) in [5.41, 5.74) is 1.41. The van der Waals surface area contributed by atoms with Crippen molar-refractivity contribution in [2.45, 2.75) is 13.3 Å². The lowest BCUT2D eigenvalue weighted by Gasteiger charge is -2.17. The minimum Gasteiger partial charge on any atom is -0.431 e. The van der Waals surface area contributed by atoms with Gasteiger partial charge in [0.05, 0.1) is 11.6 Å². The highest BCUT2D eigenvalue weighted by Gasteiger charge is 2.34. The topological polar surface area (TPSA) is 66.7 Å². The molecular weight excluding hydrogens is 306 g/mol. The summed E-state index contributed by atoms with van der Waals surface area (Å²) in [7, 11) is 3.47. The predicted molar refractivity (Wildman–Crippen MR) is 89.4 cm³/mol. The second-order valence-corrected chi connectivity index (χ2v) is 6.27. The third-order valence-corrected chi connectivity index (χ3v) is 4.28. The van der Waals surface area contributed by atoms with Crippen LogP contribution in [-0.4, -0.2) is 53.8 Å². The number of oxazole rings is 1. The number of rotatable bonds is 3. The first-order chi connectivity index (χ1) is 11.5. The minimum atomic E-state index is -0.198. The lowest BCUT2D eigenvalue weighted by Crippen LogP contribution is -2.34. The van der Waals surface area contributed by atoms with Crippen LogP contribution in [0.5, 0.6) is 0 Å². The van der Waals surface area contributed by atoms with Gasteiger partial charge in [0.25, 0.3) is 5.91 Å². The van der Waals surface area contributed by atoms with Gasteiger partial charge in [-0.2, -0.15) is 0 Å². The zero-order valence-electron chi connectivity index (χ0n) is 14.2. The predicted octanol–water partition coefficient (Wildman–Crippen LogP) is 2.20. The molecule has 1 atom stereocenters. The van der Waals surface area contributed by atoms with Gasteiger partial charge in [-0.15, -0.1) is 0 Å². The van der Waals surface area contributed by atoms with E-state index in [1.54, 1.807) is 30.8 Å². The van der Waals surface area contributed by atoms with Crippen molar-refractivity contribution in [2.24, 2.45) is 5.92 Å². The van der Waals surface area contributed by atoms with Gasteiger partial charge in [-0.25, -0.2) is 4.98 Å². The number of amides is 2. The Balaban J connectivity index is 1.77. The molecule has 0 spiro atoms. The summed E-state index contributed by atoms with van der Waals surface area (Å²) in [5, 5.41) is 0. The monoisotopic (exact) mass is 327 g/mol. The second kappa shape index (κ2) is 6.47. The van der Waals surface area contributed by atoms with Crippen LogP contribution in [0.2, 0.25) is 0 Å². The molecule has 1 aliphatic rings. The van der Waals surface area contributed by atoms with Crippen LogP contribution in [-0.2, 0) is 4.79 Å². The van der Waals surface area contributed by atoms with E-state index < -0.39 is 0 Å². The highest BCUT2D eigenvalue weighted by molar-refractivity contribution is 5.93. The Morgan fingerprint density at radius 3 is 2.62 bits per heavy atom. The summed E-state index contributed by atoms with van der Waals surface area (Å²) >= 11 is 0. The Bertz CT molecular complexity index is 752. The van der Waals surface area contributed by atoms with Crippen LogP contribution >= 0.6 is 0 Å². The van der Waals surface area contributed by atoms with E-state index in [0.717, 1.165) is 5.56 Å². The van der Waals surface area contributed by atoms with E-state index in [0.29, 0.717) is 31.1 Å². The molecule has 24 heavy (non-hydrogen) atoms. The molecule has 126 valence electrons. The number of hydrogen-bond donors (Lipinski definition) is 0. The number of aromatic nitrogens is 1. The van der Waals surface area contributed by atoms with Crippen molar-refractivity contribution >= 4 is 11.8 Å². The van der Waals surface area contributed by atoms with E-state index in [-0.39, 0.29) is 23.5 Å². The molecular formula is C18H21N3O3. The lowest BCUT2D eigenvalue weighted by molar-refractivity contribution is -0.132. The molecule has 6 heteroatoms. The van der Waals surface area contributed by atoms with E-state index in [1.165, 1.54) is 0 Å². The smallest absolute Gasteiger partial charge is 0.291 e. The number of carbonyl (C=O) groups is 2. The van der Waals surface area contributed by atoms with Gasteiger partial charge in [-0.3, -0.25) is 9.59 Å². The maximum atomic E-state index is 12.7. The molecule has 1 fully saturated rings. The van der Waals surface area contributed by atoms with Gasteiger partial charge in [0.2, 0.25) is 17.6 Å². The fourth-order valence-electron chi connectivity index (χ4n) is 2.95. The molecule has 0 bridgehead atoms. The zero-order valence-corrected chi connectivity index (χ0v) is 14.2. The molecule has 2 amide bonds. The average molecular weight is 327 g/mol. The van der Waals surface area contributed by atoms with Crippen LogP contribution in [0.4, 0.5) is 0 Å². The summed E-state index contributed by atoms with van der Waals surface area (Å²) in [6, 6.07) is 9.49. The van der Waals surface area contributed by atoms with Gasteiger partial charge in [0.1, 0.15) is 0 Å². The van der Waals surface area contributed by atoms with Crippen LogP contribution < -0.4 is 0 Å². The molecule has 2 aromatic rings. The van der Waals surface area contributed by atoms with E-state index in [1.807, 2.05) is 30.3 Å². The van der Waals surface area contributed by atoms with Crippen molar-refractivity contribution in [2.75, 3.05) is 27.2 Å².